The van der Waals surface area contributed by atoms with Crippen molar-refractivity contribution in [2.75, 3.05) is 13.2 Å². The third-order valence-corrected chi connectivity index (χ3v) is 12.7. The van der Waals surface area contributed by atoms with Crippen molar-refractivity contribution in [3.05, 3.63) is 96.6 Å². The number of ether oxygens (including phenoxy) is 2. The lowest BCUT2D eigenvalue weighted by atomic mass is 9.94. The van der Waals surface area contributed by atoms with Gasteiger partial charge in [0.2, 0.25) is 0 Å². The number of hydrogen-bond acceptors (Lipinski definition) is 7. The molecule has 230 valence electrons. The number of carbonyl (C=O) groups is 2. The summed E-state index contributed by atoms with van der Waals surface area (Å²) in [7, 11) is -3.08. The number of esters is 1. The molecule has 0 bridgehead atoms. The predicted octanol–water partition coefficient (Wildman–Crippen LogP) is 4.13. The SMILES string of the molecule is CC(C)(C)OC(=O)N1C[C@H](O)[C@H](O)[C@@H](OC(=O)c2ccccc2)[C@H]1CO[Si](c1ccccc1)(c1ccccc1)C(C)(C)C. The van der Waals surface area contributed by atoms with Crippen LogP contribution in [0.4, 0.5) is 4.79 Å². The van der Waals surface area contributed by atoms with Crippen LogP contribution in [0.5, 0.6) is 0 Å². The van der Waals surface area contributed by atoms with Gasteiger partial charge in [0.15, 0.2) is 6.10 Å². The van der Waals surface area contributed by atoms with Crippen molar-refractivity contribution in [3.63, 3.8) is 0 Å². The van der Waals surface area contributed by atoms with Crippen LogP contribution in [0.15, 0.2) is 91.0 Å². The van der Waals surface area contributed by atoms with E-state index in [4.69, 9.17) is 13.9 Å². The number of aliphatic hydroxyl groups is 2. The lowest BCUT2D eigenvalue weighted by Gasteiger charge is -2.48. The van der Waals surface area contributed by atoms with Gasteiger partial charge in [-0.25, -0.2) is 9.59 Å². The molecule has 1 amide bonds. The zero-order valence-corrected chi connectivity index (χ0v) is 26.8. The molecule has 43 heavy (non-hydrogen) atoms. The molecule has 1 saturated heterocycles. The minimum Gasteiger partial charge on any atom is -0.454 e. The minimum absolute atomic E-state index is 0.0803. The Morgan fingerprint density at radius 1 is 0.814 bits per heavy atom. The first-order valence-corrected chi connectivity index (χ1v) is 16.5. The van der Waals surface area contributed by atoms with Gasteiger partial charge in [-0.15, -0.1) is 0 Å². The standard InChI is InChI=1S/C34H43NO7Si/c1-33(2,3)42-32(39)35-22-28(36)29(37)30(41-31(38)24-16-10-7-11-17-24)27(35)23-40-43(34(4,5)6,25-18-12-8-13-19-25)26-20-14-9-15-21-26/h7-21,27-30,36-37H,22-23H2,1-6H3/t27-,28+,29+,30+/m1/s1. The fourth-order valence-corrected chi connectivity index (χ4v) is 10.2. The maximum Gasteiger partial charge on any atom is 0.410 e. The van der Waals surface area contributed by atoms with Crippen molar-refractivity contribution < 1.29 is 33.7 Å². The molecule has 3 aromatic rings. The summed E-state index contributed by atoms with van der Waals surface area (Å²) in [5, 5.41) is 23.8. The molecule has 0 radical (unpaired) electrons. The molecule has 0 saturated carbocycles. The molecule has 1 aliphatic rings. The largest absolute Gasteiger partial charge is 0.454 e. The molecule has 0 unspecified atom stereocenters. The Morgan fingerprint density at radius 3 is 1.77 bits per heavy atom. The number of piperidine rings is 1. The van der Waals surface area contributed by atoms with Gasteiger partial charge >= 0.3 is 12.1 Å². The third-order valence-electron chi connectivity index (χ3n) is 7.66. The van der Waals surface area contributed by atoms with Crippen LogP contribution >= 0.6 is 0 Å². The molecule has 3 aromatic carbocycles. The van der Waals surface area contributed by atoms with Crippen LogP contribution in [0.3, 0.4) is 0 Å². The van der Waals surface area contributed by atoms with E-state index in [0.29, 0.717) is 0 Å². The number of aliphatic hydroxyl groups excluding tert-OH is 2. The Hall–Kier alpha value is -3.50. The molecule has 8 nitrogen and oxygen atoms in total. The molecule has 9 heteroatoms. The van der Waals surface area contributed by atoms with Gasteiger partial charge < -0.3 is 24.1 Å². The normalized spacial score (nSPS) is 21.3. The Kier molecular flexibility index (Phi) is 9.81. The number of carbonyl (C=O) groups excluding carboxylic acids is 2. The lowest BCUT2D eigenvalue weighted by Crippen LogP contribution is -2.70. The number of hydrogen-bond donors (Lipinski definition) is 2. The Labute approximate surface area is 255 Å². The molecule has 0 aliphatic carbocycles. The van der Waals surface area contributed by atoms with Crippen molar-refractivity contribution in [1.82, 2.24) is 4.90 Å². The summed E-state index contributed by atoms with van der Waals surface area (Å²) >= 11 is 0. The van der Waals surface area contributed by atoms with Crippen molar-refractivity contribution in [1.29, 1.82) is 0 Å². The smallest absolute Gasteiger partial charge is 0.410 e. The first-order chi connectivity index (χ1) is 20.2. The van der Waals surface area contributed by atoms with Crippen molar-refractivity contribution in [2.24, 2.45) is 0 Å². The van der Waals surface area contributed by atoms with Gasteiger partial charge in [0.1, 0.15) is 17.8 Å². The van der Waals surface area contributed by atoms with E-state index < -0.39 is 50.3 Å². The van der Waals surface area contributed by atoms with Crippen LogP contribution in [-0.2, 0) is 13.9 Å². The Balaban J connectivity index is 1.80. The highest BCUT2D eigenvalue weighted by atomic mass is 28.4. The predicted molar refractivity (Wildman–Crippen MR) is 168 cm³/mol. The first kappa shape index (κ1) is 32.4. The van der Waals surface area contributed by atoms with Crippen LogP contribution in [0.1, 0.15) is 51.9 Å². The maximum absolute atomic E-state index is 13.6. The van der Waals surface area contributed by atoms with Gasteiger partial charge in [-0.2, -0.15) is 0 Å². The average Bonchev–Trinajstić information content (AvgIpc) is 2.96. The van der Waals surface area contributed by atoms with Gasteiger partial charge in [-0.3, -0.25) is 4.90 Å². The molecule has 1 fully saturated rings. The zero-order chi connectivity index (χ0) is 31.4. The summed E-state index contributed by atoms with van der Waals surface area (Å²) in [5.41, 5.74) is -0.539. The molecular formula is C34H43NO7Si. The summed E-state index contributed by atoms with van der Waals surface area (Å²) in [6, 6.07) is 27.5. The van der Waals surface area contributed by atoms with Gasteiger partial charge in [0.05, 0.1) is 24.8 Å². The molecule has 0 aromatic heterocycles. The summed E-state index contributed by atoms with van der Waals surface area (Å²) in [6.45, 7) is 11.4. The van der Waals surface area contributed by atoms with Gasteiger partial charge in [-0.05, 0) is 48.3 Å². The number of benzene rings is 3. The second kappa shape index (κ2) is 13.0. The van der Waals surface area contributed by atoms with Crippen LogP contribution in [-0.4, -0.2) is 78.6 Å². The molecule has 2 N–H and O–H groups in total. The van der Waals surface area contributed by atoms with E-state index in [1.807, 2.05) is 36.4 Å². The highest BCUT2D eigenvalue weighted by Crippen LogP contribution is 2.38. The van der Waals surface area contributed by atoms with Crippen molar-refractivity contribution in [3.8, 4) is 0 Å². The van der Waals surface area contributed by atoms with E-state index in [2.05, 4.69) is 45.0 Å². The summed E-state index contributed by atoms with van der Waals surface area (Å²) in [5.74, 6) is -0.682. The number of β-amino-alcohol motifs (C(OH)–C–C–N with tert-alkyl or cyclic N) is 1. The van der Waals surface area contributed by atoms with E-state index in [-0.39, 0.29) is 23.8 Å². The van der Waals surface area contributed by atoms with E-state index in [9.17, 15) is 19.8 Å². The summed E-state index contributed by atoms with van der Waals surface area (Å²) < 4.78 is 18.7. The molecule has 0 spiro atoms. The van der Waals surface area contributed by atoms with Gasteiger partial charge in [-0.1, -0.05) is 99.6 Å². The Bertz CT molecular complexity index is 1320. The van der Waals surface area contributed by atoms with E-state index in [0.717, 1.165) is 10.4 Å². The van der Waals surface area contributed by atoms with Crippen LogP contribution in [0, 0.1) is 0 Å². The second-order valence-electron chi connectivity index (χ2n) is 13.0. The van der Waals surface area contributed by atoms with E-state index in [1.54, 1.807) is 51.1 Å². The minimum atomic E-state index is -3.08. The molecule has 4 atom stereocenters. The van der Waals surface area contributed by atoms with Crippen molar-refractivity contribution >= 4 is 30.8 Å². The summed E-state index contributed by atoms with van der Waals surface area (Å²) in [6.07, 6.45) is -4.82. The van der Waals surface area contributed by atoms with Gasteiger partial charge in [0.25, 0.3) is 8.32 Å². The molecule has 1 aliphatic heterocycles. The first-order valence-electron chi connectivity index (χ1n) is 14.6. The van der Waals surface area contributed by atoms with Crippen molar-refractivity contribution in [2.45, 2.75) is 76.5 Å². The number of amides is 1. The average molecular weight is 606 g/mol. The fraction of sp³-hybridized carbons (Fsp3) is 0.412. The fourth-order valence-electron chi connectivity index (χ4n) is 5.67. The third kappa shape index (κ3) is 7.18. The highest BCUT2D eigenvalue weighted by Gasteiger charge is 2.53. The van der Waals surface area contributed by atoms with E-state index >= 15 is 0 Å². The van der Waals surface area contributed by atoms with E-state index in [1.165, 1.54) is 4.90 Å². The quantitative estimate of drug-likeness (QED) is 0.308. The van der Waals surface area contributed by atoms with Crippen LogP contribution in [0.2, 0.25) is 5.04 Å². The number of likely N-dealkylation sites (tertiary alicyclic amines) is 1. The molecular weight excluding hydrogens is 562 g/mol. The second-order valence-corrected chi connectivity index (χ2v) is 17.3. The summed E-state index contributed by atoms with van der Waals surface area (Å²) in [4.78, 5) is 28.1. The highest BCUT2D eigenvalue weighted by molar-refractivity contribution is 6.99. The number of nitrogens with zero attached hydrogens (tertiary/aromatic N) is 1. The maximum atomic E-state index is 13.6. The van der Waals surface area contributed by atoms with Crippen LogP contribution < -0.4 is 10.4 Å². The number of rotatable bonds is 7. The lowest BCUT2D eigenvalue weighted by molar-refractivity contribution is -0.143. The molecule has 4 rings (SSSR count). The van der Waals surface area contributed by atoms with Gasteiger partial charge in [0, 0.05) is 0 Å². The monoisotopic (exact) mass is 605 g/mol. The molecule has 1 heterocycles. The topological polar surface area (TPSA) is 106 Å². The Morgan fingerprint density at radius 2 is 1.30 bits per heavy atom. The van der Waals surface area contributed by atoms with Crippen LogP contribution in [0.25, 0.3) is 0 Å². The zero-order valence-electron chi connectivity index (χ0n) is 25.8.